The van der Waals surface area contributed by atoms with Crippen molar-refractivity contribution in [3.63, 3.8) is 0 Å². The Kier molecular flexibility index (Phi) is 4.46. The summed E-state index contributed by atoms with van der Waals surface area (Å²) >= 11 is 2.39. The second-order valence-corrected chi connectivity index (χ2v) is 2.30. The van der Waals surface area contributed by atoms with Crippen molar-refractivity contribution in [3.05, 3.63) is 24.4 Å². The third-order valence-electron chi connectivity index (χ3n) is 0.971. The van der Waals surface area contributed by atoms with E-state index in [9.17, 15) is 0 Å². The van der Waals surface area contributed by atoms with E-state index in [0.717, 1.165) is 5.70 Å². The molecule has 0 aliphatic heterocycles. The fraction of sp³-hybridized carbons (Fsp3) is 0.286. The zero-order chi connectivity index (χ0) is 7.28. The maximum atomic E-state index is 3.66. The fourth-order valence-corrected chi connectivity index (χ4v) is 0.715. The maximum absolute atomic E-state index is 3.66. The van der Waals surface area contributed by atoms with Crippen molar-refractivity contribution in [1.82, 2.24) is 4.90 Å². The molecule has 0 unspecified atom stereocenters. The molecule has 2 heteroatoms. The molecule has 0 fully saturated rings. The topological polar surface area (TPSA) is 3.24 Å². The summed E-state index contributed by atoms with van der Waals surface area (Å²) in [6.45, 7) is 3.66. The third-order valence-corrected chi connectivity index (χ3v) is 1.20. The molecule has 0 saturated heterocycles. The normalized spacial score (nSPS) is 10.6. The van der Waals surface area contributed by atoms with Crippen LogP contribution in [0.5, 0.6) is 0 Å². The van der Waals surface area contributed by atoms with Gasteiger partial charge in [-0.25, -0.2) is 0 Å². The molecule has 0 radical (unpaired) electrons. The van der Waals surface area contributed by atoms with Crippen LogP contribution in [0.1, 0.15) is 0 Å². The monoisotopic (exact) mass is 160 g/mol. The van der Waals surface area contributed by atoms with Crippen LogP contribution in [0.25, 0.3) is 0 Å². The molecule has 0 saturated carbocycles. The minimum atomic E-state index is 1.12. The van der Waals surface area contributed by atoms with Crippen molar-refractivity contribution >= 4 is 4.73 Å². The zero-order valence-corrected chi connectivity index (χ0v) is 7.23. The van der Waals surface area contributed by atoms with Gasteiger partial charge in [-0.05, 0) is 0 Å². The van der Waals surface area contributed by atoms with Gasteiger partial charge >= 0.3 is 65.1 Å². The first-order chi connectivity index (χ1) is 4.22. The van der Waals surface area contributed by atoms with E-state index in [4.69, 9.17) is 0 Å². The summed E-state index contributed by atoms with van der Waals surface area (Å²) in [5.41, 5.74) is 1.12. The van der Waals surface area contributed by atoms with E-state index in [-0.39, 0.29) is 0 Å². The number of allylic oxidation sites excluding steroid dienone is 2. The van der Waals surface area contributed by atoms with Crippen molar-refractivity contribution in [2.45, 2.75) is 0 Å². The molecular formula is C7H11NV. The van der Waals surface area contributed by atoms with Gasteiger partial charge in [0.1, 0.15) is 0 Å². The van der Waals surface area contributed by atoms with Gasteiger partial charge in [-0.2, -0.15) is 0 Å². The summed E-state index contributed by atoms with van der Waals surface area (Å²) < 4.78 is 1.93. The molecule has 0 rings (SSSR count). The first-order valence-electron chi connectivity index (χ1n) is 2.70. The van der Waals surface area contributed by atoms with Crippen molar-refractivity contribution in [2.75, 3.05) is 14.1 Å². The minimum absolute atomic E-state index is 1.12. The van der Waals surface area contributed by atoms with Crippen LogP contribution in [0.2, 0.25) is 0 Å². The van der Waals surface area contributed by atoms with E-state index in [1.165, 1.54) is 0 Å². The van der Waals surface area contributed by atoms with Crippen LogP contribution < -0.4 is 0 Å². The molecule has 49 valence electrons. The summed E-state index contributed by atoms with van der Waals surface area (Å²) in [6.07, 6.45) is 3.82. The second-order valence-electron chi connectivity index (χ2n) is 1.84. The number of rotatable bonds is 3. The summed E-state index contributed by atoms with van der Waals surface area (Å²) in [7, 11) is 3.98. The molecule has 0 aliphatic carbocycles. The van der Waals surface area contributed by atoms with Gasteiger partial charge in [0.2, 0.25) is 0 Å². The molecule has 0 heterocycles. The van der Waals surface area contributed by atoms with Crippen LogP contribution in [-0.4, -0.2) is 23.7 Å². The molecule has 0 atom stereocenters. The van der Waals surface area contributed by atoms with E-state index in [0.29, 0.717) is 0 Å². The summed E-state index contributed by atoms with van der Waals surface area (Å²) in [4.78, 5) is 2.01. The molecular weight excluding hydrogens is 149 g/mol. The van der Waals surface area contributed by atoms with Crippen molar-refractivity contribution in [3.8, 4) is 0 Å². The van der Waals surface area contributed by atoms with Gasteiger partial charge in [-0.15, -0.1) is 0 Å². The van der Waals surface area contributed by atoms with Crippen molar-refractivity contribution in [2.24, 2.45) is 0 Å². The Morgan fingerprint density at radius 3 is 2.22 bits per heavy atom. The van der Waals surface area contributed by atoms with Crippen molar-refractivity contribution in [1.29, 1.82) is 0 Å². The molecule has 0 spiro atoms. The predicted molar refractivity (Wildman–Crippen MR) is 38.0 cm³/mol. The van der Waals surface area contributed by atoms with E-state index in [1.807, 2.05) is 35.9 Å². The summed E-state index contributed by atoms with van der Waals surface area (Å²) in [5.74, 6) is 0. The Morgan fingerprint density at radius 2 is 2.11 bits per heavy atom. The van der Waals surface area contributed by atoms with Gasteiger partial charge in [-0.1, -0.05) is 0 Å². The van der Waals surface area contributed by atoms with E-state index in [2.05, 4.69) is 23.6 Å². The molecule has 0 bridgehead atoms. The molecule has 0 amide bonds. The molecule has 0 aliphatic rings. The first kappa shape index (κ1) is 8.73. The quantitative estimate of drug-likeness (QED) is 0.556. The van der Waals surface area contributed by atoms with Crippen LogP contribution in [0.15, 0.2) is 24.4 Å². The molecule has 9 heavy (non-hydrogen) atoms. The van der Waals surface area contributed by atoms with E-state index in [1.54, 1.807) is 0 Å². The Morgan fingerprint density at radius 1 is 1.56 bits per heavy atom. The van der Waals surface area contributed by atoms with Crippen LogP contribution in [0.4, 0.5) is 0 Å². The average molecular weight is 160 g/mol. The van der Waals surface area contributed by atoms with Gasteiger partial charge in [0.05, 0.1) is 0 Å². The van der Waals surface area contributed by atoms with Crippen LogP contribution >= 0.6 is 0 Å². The first-order valence-corrected chi connectivity index (χ1v) is 3.50. The predicted octanol–water partition coefficient (Wildman–Crippen LogP) is 0.967. The van der Waals surface area contributed by atoms with Crippen LogP contribution in [0, 0.1) is 0 Å². The van der Waals surface area contributed by atoms with E-state index >= 15 is 0 Å². The molecule has 0 aromatic carbocycles. The SMILES string of the molecule is C=C/C(=C\[CH]=[V])N(C)C. The van der Waals surface area contributed by atoms with Crippen LogP contribution in [-0.2, 0) is 17.0 Å². The Labute approximate surface area is 65.5 Å². The molecule has 0 N–H and O–H groups in total. The number of likely N-dealkylation sites (N-methyl/N-ethyl adjacent to an activating group) is 1. The molecule has 1 nitrogen and oxygen atoms in total. The van der Waals surface area contributed by atoms with Crippen LogP contribution in [0.3, 0.4) is 0 Å². The summed E-state index contributed by atoms with van der Waals surface area (Å²) in [6, 6.07) is 0. The zero-order valence-electron chi connectivity index (χ0n) is 5.83. The second kappa shape index (κ2) is 4.60. The standard InChI is InChI=1S/C7H11N.V/c1-5-7(6-2)8(3)4;/h1,5-6H,2H2,3-4H3;/b7-5+;. The van der Waals surface area contributed by atoms with Gasteiger partial charge in [0.15, 0.2) is 0 Å². The average Bonchev–Trinajstić information content (AvgIpc) is 1.82. The van der Waals surface area contributed by atoms with Gasteiger partial charge in [-0.3, -0.25) is 0 Å². The van der Waals surface area contributed by atoms with Gasteiger partial charge in [0, 0.05) is 0 Å². The Hall–Kier alpha value is -0.266. The number of hydrogen-bond donors (Lipinski definition) is 0. The van der Waals surface area contributed by atoms with Gasteiger partial charge in [0.25, 0.3) is 0 Å². The number of nitrogens with zero attached hydrogens (tertiary/aromatic N) is 1. The van der Waals surface area contributed by atoms with Gasteiger partial charge < -0.3 is 0 Å². The van der Waals surface area contributed by atoms with Crippen molar-refractivity contribution < 1.29 is 17.0 Å². The fourth-order valence-electron chi connectivity index (χ4n) is 0.476. The summed E-state index contributed by atoms with van der Waals surface area (Å²) in [5, 5.41) is 0. The van der Waals surface area contributed by atoms with E-state index < -0.39 is 0 Å². The number of hydrogen-bond acceptors (Lipinski definition) is 1. The Balaban J connectivity index is 4.13. The Bertz CT molecular complexity index is 136. The third kappa shape index (κ3) is 3.33. The molecule has 0 aromatic heterocycles. The molecule has 0 aromatic rings.